The number of fused-ring (bicyclic) bond motifs is 1. The van der Waals surface area contributed by atoms with Crippen molar-refractivity contribution in [3.8, 4) is 0 Å². The average molecular weight is 310 g/mol. The van der Waals surface area contributed by atoms with E-state index in [9.17, 15) is 9.59 Å². The highest BCUT2D eigenvalue weighted by atomic mass is 16.5. The zero-order valence-electron chi connectivity index (χ0n) is 13.2. The monoisotopic (exact) mass is 310 g/mol. The van der Waals surface area contributed by atoms with Crippen LogP contribution in [0.15, 0.2) is 42.6 Å². The van der Waals surface area contributed by atoms with Gasteiger partial charge in [0, 0.05) is 25.4 Å². The number of carbonyl (C=O) groups is 2. The van der Waals surface area contributed by atoms with Crippen LogP contribution >= 0.6 is 0 Å². The molecule has 0 radical (unpaired) electrons. The summed E-state index contributed by atoms with van der Waals surface area (Å²) in [6, 6.07) is 10.8. The van der Waals surface area contributed by atoms with Crippen LogP contribution in [0.4, 0.5) is 5.69 Å². The fourth-order valence-electron chi connectivity index (χ4n) is 2.76. The van der Waals surface area contributed by atoms with Crippen LogP contribution in [-0.4, -0.2) is 23.4 Å². The van der Waals surface area contributed by atoms with E-state index in [2.05, 4.69) is 4.98 Å². The Morgan fingerprint density at radius 2 is 2.09 bits per heavy atom. The van der Waals surface area contributed by atoms with Crippen LogP contribution in [0.1, 0.15) is 41.6 Å². The number of ether oxygens (including phenoxy) is 1. The lowest BCUT2D eigenvalue weighted by Gasteiger charge is -2.15. The highest BCUT2D eigenvalue weighted by molar-refractivity contribution is 5.96. The SMILES string of the molecule is CC(=O)N1CCc2cc(C(=O)O[C@@H](C)c3ccccn3)ccc21. The number of carbonyl (C=O) groups excluding carboxylic acids is 2. The van der Waals surface area contributed by atoms with Crippen molar-refractivity contribution < 1.29 is 14.3 Å². The fourth-order valence-corrected chi connectivity index (χ4v) is 2.76. The van der Waals surface area contributed by atoms with E-state index in [-0.39, 0.29) is 11.9 Å². The molecule has 2 heterocycles. The van der Waals surface area contributed by atoms with Crippen LogP contribution < -0.4 is 4.90 Å². The lowest BCUT2D eigenvalue weighted by Crippen LogP contribution is -2.25. The molecule has 0 N–H and O–H groups in total. The van der Waals surface area contributed by atoms with Crippen molar-refractivity contribution in [2.24, 2.45) is 0 Å². The molecule has 0 fully saturated rings. The van der Waals surface area contributed by atoms with Gasteiger partial charge >= 0.3 is 5.97 Å². The highest BCUT2D eigenvalue weighted by Crippen LogP contribution is 2.29. The van der Waals surface area contributed by atoms with E-state index >= 15 is 0 Å². The maximum atomic E-state index is 12.3. The maximum Gasteiger partial charge on any atom is 0.338 e. The predicted octanol–water partition coefficient (Wildman–Crippen LogP) is 2.91. The molecule has 0 unspecified atom stereocenters. The summed E-state index contributed by atoms with van der Waals surface area (Å²) in [5.41, 5.74) is 3.09. The minimum atomic E-state index is -0.411. The van der Waals surface area contributed by atoms with Gasteiger partial charge in [-0.25, -0.2) is 4.79 Å². The minimum Gasteiger partial charge on any atom is -0.453 e. The van der Waals surface area contributed by atoms with Gasteiger partial charge in [0.2, 0.25) is 5.91 Å². The van der Waals surface area contributed by atoms with Crippen molar-refractivity contribution in [3.63, 3.8) is 0 Å². The van der Waals surface area contributed by atoms with Crippen LogP contribution in [0.3, 0.4) is 0 Å². The summed E-state index contributed by atoms with van der Waals surface area (Å²) in [5.74, 6) is -0.366. The molecule has 3 rings (SSSR count). The van der Waals surface area contributed by atoms with Gasteiger partial charge in [-0.1, -0.05) is 6.07 Å². The standard InChI is InChI=1S/C18H18N2O3/c1-12(16-5-3-4-9-19-16)23-18(22)15-6-7-17-14(11-15)8-10-20(17)13(2)21/h3-7,9,11-12H,8,10H2,1-2H3/t12-/m0/s1. The van der Waals surface area contributed by atoms with Gasteiger partial charge in [-0.05, 0) is 49.2 Å². The number of rotatable bonds is 3. The molecule has 1 atom stereocenters. The third-order valence-electron chi connectivity index (χ3n) is 3.98. The molecule has 0 bridgehead atoms. The third-order valence-corrected chi connectivity index (χ3v) is 3.98. The van der Waals surface area contributed by atoms with Crippen molar-refractivity contribution in [2.45, 2.75) is 26.4 Å². The third kappa shape index (κ3) is 3.08. The van der Waals surface area contributed by atoms with Gasteiger partial charge in [0.25, 0.3) is 0 Å². The number of pyridine rings is 1. The van der Waals surface area contributed by atoms with Crippen molar-refractivity contribution >= 4 is 17.6 Å². The minimum absolute atomic E-state index is 0.0165. The number of benzene rings is 1. The second-order valence-electron chi connectivity index (χ2n) is 5.57. The van der Waals surface area contributed by atoms with Crippen LogP contribution in [0.25, 0.3) is 0 Å². The number of nitrogens with zero attached hydrogens (tertiary/aromatic N) is 2. The lowest BCUT2D eigenvalue weighted by atomic mass is 10.1. The van der Waals surface area contributed by atoms with Gasteiger partial charge in [-0.2, -0.15) is 0 Å². The van der Waals surface area contributed by atoms with E-state index in [0.29, 0.717) is 17.8 Å². The summed E-state index contributed by atoms with van der Waals surface area (Å²) in [5, 5.41) is 0. The lowest BCUT2D eigenvalue weighted by molar-refractivity contribution is -0.116. The van der Waals surface area contributed by atoms with Crippen molar-refractivity contribution in [2.75, 3.05) is 11.4 Å². The molecular weight excluding hydrogens is 292 g/mol. The molecule has 1 aromatic carbocycles. The van der Waals surface area contributed by atoms with E-state index in [4.69, 9.17) is 4.74 Å². The molecule has 23 heavy (non-hydrogen) atoms. The molecule has 118 valence electrons. The molecule has 0 spiro atoms. The predicted molar refractivity (Wildman–Crippen MR) is 86.2 cm³/mol. The first kappa shape index (κ1) is 15.2. The van der Waals surface area contributed by atoms with Crippen LogP contribution in [0, 0.1) is 0 Å². The van der Waals surface area contributed by atoms with Gasteiger partial charge in [0.1, 0.15) is 6.10 Å². The second kappa shape index (κ2) is 6.20. The summed E-state index contributed by atoms with van der Waals surface area (Å²) in [4.78, 5) is 29.8. The number of amides is 1. The molecule has 5 heteroatoms. The molecule has 0 saturated carbocycles. The molecule has 1 amide bonds. The summed E-state index contributed by atoms with van der Waals surface area (Å²) < 4.78 is 5.47. The van der Waals surface area contributed by atoms with Crippen LogP contribution in [0.2, 0.25) is 0 Å². The van der Waals surface area contributed by atoms with Gasteiger partial charge in [-0.3, -0.25) is 9.78 Å². The zero-order chi connectivity index (χ0) is 16.4. The molecule has 5 nitrogen and oxygen atoms in total. The van der Waals surface area contributed by atoms with Crippen LogP contribution in [-0.2, 0) is 16.0 Å². The van der Waals surface area contributed by atoms with Crippen molar-refractivity contribution in [1.82, 2.24) is 4.98 Å². The Bertz CT molecular complexity index is 743. The number of anilines is 1. The summed E-state index contributed by atoms with van der Waals surface area (Å²) >= 11 is 0. The van der Waals surface area contributed by atoms with E-state index in [1.54, 1.807) is 31.0 Å². The Balaban J connectivity index is 1.75. The van der Waals surface area contributed by atoms with Crippen LogP contribution in [0.5, 0.6) is 0 Å². The maximum absolute atomic E-state index is 12.3. The molecule has 2 aromatic rings. The smallest absolute Gasteiger partial charge is 0.338 e. The van der Waals surface area contributed by atoms with E-state index in [1.165, 1.54) is 0 Å². The number of aromatic nitrogens is 1. The summed E-state index contributed by atoms with van der Waals surface area (Å²) in [6.45, 7) is 4.00. The molecule has 1 aliphatic heterocycles. The molecule has 1 aromatic heterocycles. The molecule has 0 aliphatic carbocycles. The number of hydrogen-bond donors (Lipinski definition) is 0. The first-order valence-corrected chi connectivity index (χ1v) is 7.59. The summed E-state index contributed by atoms with van der Waals surface area (Å²) in [6.07, 6.45) is 2.02. The Morgan fingerprint density at radius 1 is 1.26 bits per heavy atom. The number of esters is 1. The Morgan fingerprint density at radius 3 is 2.78 bits per heavy atom. The molecule has 1 aliphatic rings. The van der Waals surface area contributed by atoms with Gasteiger partial charge in [-0.15, -0.1) is 0 Å². The second-order valence-corrected chi connectivity index (χ2v) is 5.57. The van der Waals surface area contributed by atoms with Gasteiger partial charge in [0.15, 0.2) is 0 Å². The Hall–Kier alpha value is -2.69. The molecule has 0 saturated heterocycles. The van der Waals surface area contributed by atoms with Crippen molar-refractivity contribution in [3.05, 3.63) is 59.4 Å². The van der Waals surface area contributed by atoms with E-state index < -0.39 is 6.10 Å². The highest BCUT2D eigenvalue weighted by Gasteiger charge is 2.24. The van der Waals surface area contributed by atoms with E-state index in [1.807, 2.05) is 30.3 Å². The van der Waals surface area contributed by atoms with Gasteiger partial charge < -0.3 is 9.64 Å². The quantitative estimate of drug-likeness (QED) is 0.818. The number of hydrogen-bond acceptors (Lipinski definition) is 4. The molecular formula is C18H18N2O3. The average Bonchev–Trinajstić information content (AvgIpc) is 2.98. The van der Waals surface area contributed by atoms with Crippen molar-refractivity contribution in [1.29, 1.82) is 0 Å². The first-order chi connectivity index (χ1) is 11.1. The van der Waals surface area contributed by atoms with Gasteiger partial charge in [0.05, 0.1) is 11.3 Å². The Kier molecular flexibility index (Phi) is 4.10. The zero-order valence-corrected chi connectivity index (χ0v) is 13.2. The Labute approximate surface area is 134 Å². The first-order valence-electron chi connectivity index (χ1n) is 7.59. The van der Waals surface area contributed by atoms with E-state index in [0.717, 1.165) is 17.7 Å². The fraction of sp³-hybridized carbons (Fsp3) is 0.278. The topological polar surface area (TPSA) is 59.5 Å². The summed E-state index contributed by atoms with van der Waals surface area (Å²) in [7, 11) is 0. The normalized spacial score (nSPS) is 14.3. The largest absolute Gasteiger partial charge is 0.453 e.